The van der Waals surface area contributed by atoms with Crippen molar-refractivity contribution in [3.63, 3.8) is 0 Å². The van der Waals surface area contributed by atoms with Gasteiger partial charge in [-0.2, -0.15) is 0 Å². The van der Waals surface area contributed by atoms with Gasteiger partial charge in [-0.05, 0) is 22.7 Å². The molecule has 7 heteroatoms. The molecule has 2 aromatic heterocycles. The molecule has 0 saturated heterocycles. The summed E-state index contributed by atoms with van der Waals surface area (Å²) in [5.41, 5.74) is 5.92. The molecule has 0 spiro atoms. The van der Waals surface area contributed by atoms with E-state index in [1.54, 1.807) is 0 Å². The summed E-state index contributed by atoms with van der Waals surface area (Å²) in [6.07, 6.45) is 9.74. The van der Waals surface area contributed by atoms with Crippen molar-refractivity contribution in [3.05, 3.63) is 84.5 Å². The number of nitrogens with zero attached hydrogens (tertiary/aromatic N) is 6. The van der Waals surface area contributed by atoms with Crippen LogP contribution in [0.15, 0.2) is 78.4 Å². The number of likely N-dealkylation sites (N-methyl/N-ethyl adjacent to an activating group) is 1. The predicted octanol–water partition coefficient (Wildman–Crippen LogP) is 3.56. The molecule has 3 aliphatic heterocycles. The third-order valence-electron chi connectivity index (χ3n) is 6.26. The van der Waals surface area contributed by atoms with Gasteiger partial charge in [0.2, 0.25) is 6.17 Å². The Balaban J connectivity index is 1.74. The van der Waals surface area contributed by atoms with Crippen molar-refractivity contribution in [1.29, 1.82) is 0 Å². The highest BCUT2D eigenvalue weighted by atomic mass is 127. The largest absolute Gasteiger partial charge is 0.330 e. The predicted molar refractivity (Wildman–Crippen MR) is 120 cm³/mol. The lowest BCUT2D eigenvalue weighted by molar-refractivity contribution is -0.710. The smallest absolute Gasteiger partial charge is 0.305 e. The third kappa shape index (κ3) is 2.14. The van der Waals surface area contributed by atoms with E-state index < -0.39 is 0 Å². The summed E-state index contributed by atoms with van der Waals surface area (Å²) in [4.78, 5) is 11.4. The van der Waals surface area contributed by atoms with Crippen LogP contribution in [0.3, 0.4) is 0 Å². The van der Waals surface area contributed by atoms with Gasteiger partial charge in [-0.1, -0.05) is 32.7 Å². The van der Waals surface area contributed by atoms with Crippen LogP contribution in [0, 0.1) is 0 Å². The zero-order chi connectivity index (χ0) is 19.8. The highest BCUT2D eigenvalue weighted by Crippen LogP contribution is 2.54. The number of benzene rings is 1. The van der Waals surface area contributed by atoms with E-state index in [0.29, 0.717) is 2.81 Å². The van der Waals surface area contributed by atoms with Gasteiger partial charge >= 0.3 is 5.82 Å². The summed E-state index contributed by atoms with van der Waals surface area (Å²) < 4.78 is 2.67. The number of hydrogen-bond acceptors (Lipinski definition) is 4. The van der Waals surface area contributed by atoms with Gasteiger partial charge in [0.05, 0.1) is 29.4 Å². The minimum absolute atomic E-state index is 0.0145. The lowest BCUT2D eigenvalue weighted by Crippen LogP contribution is -2.54. The van der Waals surface area contributed by atoms with Crippen molar-refractivity contribution in [2.45, 2.75) is 18.1 Å². The van der Waals surface area contributed by atoms with Crippen LogP contribution >= 0.6 is 22.9 Å². The number of pyridine rings is 1. The minimum atomic E-state index is -0.0145. The van der Waals surface area contributed by atoms with E-state index in [1.165, 1.54) is 16.7 Å². The Bertz CT molecular complexity index is 1210. The molecule has 0 amide bonds. The number of fused-ring (bicyclic) bond motifs is 10. The van der Waals surface area contributed by atoms with Gasteiger partial charge < -0.3 is 4.90 Å². The molecule has 0 N–H and O–H groups in total. The van der Waals surface area contributed by atoms with Gasteiger partial charge in [-0.3, -0.25) is 4.98 Å². The normalized spacial score (nSPS) is 28.7. The molecule has 0 fully saturated rings. The SMILES string of the molecule is C=C1C2C(c3ccccc3-c3nccc[n+]32)c2ccncc2[N+]2(I)N=CN(C)C12. The van der Waals surface area contributed by atoms with Crippen molar-refractivity contribution in [3.8, 4) is 11.4 Å². The number of halogens is 1. The first kappa shape index (κ1) is 17.2. The second-order valence-corrected chi connectivity index (χ2v) is 9.21. The topological polar surface area (TPSA) is 45.3 Å². The van der Waals surface area contributed by atoms with Gasteiger partial charge in [0.1, 0.15) is 12.2 Å². The van der Waals surface area contributed by atoms with E-state index in [4.69, 9.17) is 10.1 Å². The summed E-state index contributed by atoms with van der Waals surface area (Å²) >= 11 is 2.43. The molecular formula is C22H19IN6+2. The summed E-state index contributed by atoms with van der Waals surface area (Å²) in [5.74, 6) is 1.11. The van der Waals surface area contributed by atoms with Crippen LogP contribution in [-0.4, -0.2) is 34.4 Å². The summed E-state index contributed by atoms with van der Waals surface area (Å²) in [5, 5.41) is 4.89. The fourth-order valence-corrected chi connectivity index (χ4v) is 6.39. The van der Waals surface area contributed by atoms with Crippen LogP contribution in [0.2, 0.25) is 0 Å². The molecule has 5 heterocycles. The van der Waals surface area contributed by atoms with Crippen molar-refractivity contribution in [2.24, 2.45) is 5.10 Å². The number of quaternary nitrogens is 1. The van der Waals surface area contributed by atoms with Gasteiger partial charge in [-0.15, -0.1) is 0 Å². The molecule has 6 nitrogen and oxygen atoms in total. The Morgan fingerprint density at radius 3 is 2.90 bits per heavy atom. The van der Waals surface area contributed by atoms with Crippen LogP contribution in [0.4, 0.5) is 5.69 Å². The molecule has 142 valence electrons. The van der Waals surface area contributed by atoms with Gasteiger partial charge in [0.15, 0.2) is 12.0 Å². The van der Waals surface area contributed by atoms with Crippen molar-refractivity contribution in [1.82, 2.24) is 17.7 Å². The van der Waals surface area contributed by atoms with E-state index >= 15 is 0 Å². The first-order valence-electron chi connectivity index (χ1n) is 9.56. The van der Waals surface area contributed by atoms with Crippen molar-refractivity contribution in [2.75, 3.05) is 7.05 Å². The zero-order valence-corrected chi connectivity index (χ0v) is 18.0. The fourth-order valence-electron chi connectivity index (χ4n) is 5.12. The Morgan fingerprint density at radius 2 is 2.00 bits per heavy atom. The first-order valence-corrected chi connectivity index (χ1v) is 10.5. The molecule has 6 rings (SSSR count). The van der Waals surface area contributed by atoms with E-state index in [9.17, 15) is 0 Å². The van der Waals surface area contributed by atoms with Crippen molar-refractivity contribution >= 4 is 34.9 Å². The average Bonchev–Trinajstić information content (AvgIpc) is 3.03. The lowest BCUT2D eigenvalue weighted by Gasteiger charge is -2.33. The fraction of sp³-hybridized carbons (Fsp3) is 0.182. The quantitative estimate of drug-likeness (QED) is 0.208. The highest BCUT2D eigenvalue weighted by molar-refractivity contribution is 14.1. The third-order valence-corrected chi connectivity index (χ3v) is 7.55. The maximum absolute atomic E-state index is 4.89. The highest BCUT2D eigenvalue weighted by Gasteiger charge is 2.58. The second kappa shape index (κ2) is 5.93. The molecule has 0 saturated carbocycles. The van der Waals surface area contributed by atoms with Gasteiger partial charge in [0, 0.05) is 24.9 Å². The Kier molecular flexibility index (Phi) is 3.52. The maximum Gasteiger partial charge on any atom is 0.330 e. The lowest BCUT2D eigenvalue weighted by atomic mass is 9.77. The maximum atomic E-state index is 4.89. The molecular weight excluding hydrogens is 475 g/mol. The van der Waals surface area contributed by atoms with Crippen LogP contribution in [0.1, 0.15) is 23.1 Å². The average molecular weight is 494 g/mol. The first-order chi connectivity index (χ1) is 14.1. The van der Waals surface area contributed by atoms with E-state index in [-0.39, 0.29) is 18.1 Å². The Morgan fingerprint density at radius 1 is 1.14 bits per heavy atom. The molecule has 0 radical (unpaired) electrons. The monoisotopic (exact) mass is 494 g/mol. The Hall–Kier alpha value is -2.65. The molecule has 4 atom stereocenters. The van der Waals surface area contributed by atoms with Crippen LogP contribution < -0.4 is 7.37 Å². The van der Waals surface area contributed by atoms with Crippen LogP contribution in [0.5, 0.6) is 0 Å². The molecule has 4 unspecified atom stereocenters. The second-order valence-electron chi connectivity index (χ2n) is 7.74. The number of hydrogen-bond donors (Lipinski definition) is 0. The molecule has 3 aliphatic rings. The van der Waals surface area contributed by atoms with Gasteiger partial charge in [0.25, 0.3) is 22.9 Å². The summed E-state index contributed by atoms with van der Waals surface area (Å²) in [6, 6.07) is 12.8. The molecule has 1 aromatic carbocycles. The van der Waals surface area contributed by atoms with E-state index in [2.05, 4.69) is 87.5 Å². The van der Waals surface area contributed by atoms with Crippen LogP contribution in [-0.2, 0) is 0 Å². The van der Waals surface area contributed by atoms with E-state index in [0.717, 1.165) is 17.1 Å². The van der Waals surface area contributed by atoms with Crippen molar-refractivity contribution < 1.29 is 4.57 Å². The standard InChI is InChI=1S/C22H19IN6/c1-14-20-19(15-6-3-4-7-16(15)21-25-9-5-11-28(20)21)17-8-10-24-12-18(17)29(23)22(14)27(2)13-26-29/h3-13,19-20,22H,1H2,2H3/q+2. The van der Waals surface area contributed by atoms with Gasteiger partial charge in [-0.25, -0.2) is 4.57 Å². The molecule has 3 aromatic rings. The molecule has 0 bridgehead atoms. The minimum Gasteiger partial charge on any atom is -0.305 e. The number of aromatic nitrogens is 3. The van der Waals surface area contributed by atoms with E-state index in [1.807, 2.05) is 31.0 Å². The Labute approximate surface area is 182 Å². The summed E-state index contributed by atoms with van der Waals surface area (Å²) in [7, 11) is 2.07. The number of rotatable bonds is 0. The molecule has 0 aliphatic carbocycles. The zero-order valence-electron chi connectivity index (χ0n) is 15.9. The van der Waals surface area contributed by atoms with Crippen LogP contribution in [0.25, 0.3) is 11.4 Å². The molecule has 29 heavy (non-hydrogen) atoms. The summed E-state index contributed by atoms with van der Waals surface area (Å²) in [6.45, 7) is 4.64.